The van der Waals surface area contributed by atoms with Crippen LogP contribution < -0.4 is 4.74 Å². The van der Waals surface area contributed by atoms with E-state index >= 15 is 0 Å². The Morgan fingerprint density at radius 3 is 2.48 bits per heavy atom. The van der Waals surface area contributed by atoms with Crippen molar-refractivity contribution in [2.24, 2.45) is 0 Å². The van der Waals surface area contributed by atoms with Crippen LogP contribution in [0.3, 0.4) is 0 Å². The Bertz CT molecular complexity index is 605. The second-order valence-electron chi connectivity index (χ2n) is 3.92. The fourth-order valence-corrected chi connectivity index (χ4v) is 1.64. The predicted molar refractivity (Wildman–Crippen MR) is 62.9 cm³/mol. The molecule has 0 spiro atoms. The van der Waals surface area contributed by atoms with Gasteiger partial charge in [-0.2, -0.15) is 0 Å². The SMILES string of the molecule is CCOC(=O)Cc1ncc(OC(F)(F)F)c([N+](=O)[O-])c1C(F)F. The normalized spacial score (nSPS) is 11.4. The van der Waals surface area contributed by atoms with Gasteiger partial charge in [-0.3, -0.25) is 19.9 Å². The fraction of sp³-hybridized carbons (Fsp3) is 0.455. The molecule has 0 atom stereocenters. The second kappa shape index (κ2) is 7.15. The monoisotopic (exact) mass is 344 g/mol. The summed E-state index contributed by atoms with van der Waals surface area (Å²) in [5, 5.41) is 10.9. The van der Waals surface area contributed by atoms with Crippen LogP contribution in [0.5, 0.6) is 5.75 Å². The zero-order valence-corrected chi connectivity index (χ0v) is 11.4. The van der Waals surface area contributed by atoms with Crippen molar-refractivity contribution in [1.29, 1.82) is 0 Å². The highest BCUT2D eigenvalue weighted by Gasteiger charge is 2.39. The number of hydrogen-bond acceptors (Lipinski definition) is 6. The molecular weight excluding hydrogens is 335 g/mol. The number of pyridine rings is 1. The summed E-state index contributed by atoms with van der Waals surface area (Å²) in [6.07, 6.45) is -9.50. The Hall–Kier alpha value is -2.53. The van der Waals surface area contributed by atoms with Crippen LogP contribution in [-0.4, -0.2) is 28.8 Å². The van der Waals surface area contributed by atoms with Crippen molar-refractivity contribution in [3.05, 3.63) is 27.6 Å². The molecule has 1 rings (SSSR count). The molecule has 0 N–H and O–H groups in total. The van der Waals surface area contributed by atoms with Crippen molar-refractivity contribution >= 4 is 11.7 Å². The molecular formula is C11H9F5N2O5. The summed E-state index contributed by atoms with van der Waals surface area (Å²) in [6, 6.07) is 0. The number of hydrogen-bond donors (Lipinski definition) is 0. The van der Waals surface area contributed by atoms with E-state index in [0.29, 0.717) is 0 Å². The molecule has 0 radical (unpaired) electrons. The number of nitro groups is 1. The standard InChI is InChI=1S/C11H9F5N2O5/c1-2-22-7(19)3-5-8(10(12)13)9(18(20)21)6(4-17-5)23-11(14,15)16/h4,10H,2-3H2,1H3. The largest absolute Gasteiger partial charge is 0.573 e. The number of nitrogens with zero attached hydrogens (tertiary/aromatic N) is 2. The Morgan fingerprint density at radius 2 is 2.04 bits per heavy atom. The minimum absolute atomic E-state index is 0.0831. The van der Waals surface area contributed by atoms with E-state index in [1.54, 1.807) is 0 Å². The van der Waals surface area contributed by atoms with Gasteiger partial charge in [-0.1, -0.05) is 0 Å². The highest BCUT2D eigenvalue weighted by molar-refractivity contribution is 5.73. The van der Waals surface area contributed by atoms with Crippen LogP contribution >= 0.6 is 0 Å². The first-order valence-corrected chi connectivity index (χ1v) is 5.92. The molecule has 0 aromatic carbocycles. The number of carbonyl (C=O) groups excluding carboxylic acids is 1. The van der Waals surface area contributed by atoms with Gasteiger partial charge in [0.2, 0.25) is 5.75 Å². The van der Waals surface area contributed by atoms with E-state index in [-0.39, 0.29) is 12.8 Å². The Kier molecular flexibility index (Phi) is 5.76. The van der Waals surface area contributed by atoms with Gasteiger partial charge in [0.25, 0.3) is 6.43 Å². The zero-order chi connectivity index (χ0) is 17.8. The zero-order valence-electron chi connectivity index (χ0n) is 11.4. The molecule has 0 aliphatic heterocycles. The lowest BCUT2D eigenvalue weighted by Gasteiger charge is -2.13. The third-order valence-corrected chi connectivity index (χ3v) is 2.38. The molecule has 0 saturated heterocycles. The Balaban J connectivity index is 3.42. The van der Waals surface area contributed by atoms with E-state index in [0.717, 1.165) is 0 Å². The quantitative estimate of drug-likeness (QED) is 0.341. The number of carbonyl (C=O) groups is 1. The number of ether oxygens (including phenoxy) is 2. The third-order valence-electron chi connectivity index (χ3n) is 2.38. The number of aromatic nitrogens is 1. The third kappa shape index (κ3) is 5.00. The van der Waals surface area contributed by atoms with Gasteiger partial charge in [-0.25, -0.2) is 8.78 Å². The molecule has 0 aliphatic rings. The van der Waals surface area contributed by atoms with Crippen molar-refractivity contribution in [3.63, 3.8) is 0 Å². The Labute approximate surface area is 125 Å². The molecule has 0 amide bonds. The van der Waals surface area contributed by atoms with E-state index in [2.05, 4.69) is 14.5 Å². The van der Waals surface area contributed by atoms with Gasteiger partial charge >= 0.3 is 18.0 Å². The number of esters is 1. The molecule has 0 fully saturated rings. The van der Waals surface area contributed by atoms with Gasteiger partial charge in [0, 0.05) is 0 Å². The average molecular weight is 344 g/mol. The van der Waals surface area contributed by atoms with Crippen molar-refractivity contribution in [2.45, 2.75) is 26.1 Å². The molecule has 0 unspecified atom stereocenters. The summed E-state index contributed by atoms with van der Waals surface area (Å²) < 4.78 is 70.5. The molecule has 0 aliphatic carbocycles. The lowest BCUT2D eigenvalue weighted by molar-refractivity contribution is -0.390. The first-order chi connectivity index (χ1) is 10.6. The summed E-state index contributed by atoms with van der Waals surface area (Å²) >= 11 is 0. The number of rotatable bonds is 6. The van der Waals surface area contributed by atoms with Crippen molar-refractivity contribution in [3.8, 4) is 5.75 Å². The molecule has 1 aromatic heterocycles. The van der Waals surface area contributed by atoms with Crippen molar-refractivity contribution in [2.75, 3.05) is 6.61 Å². The van der Waals surface area contributed by atoms with E-state index in [9.17, 15) is 36.9 Å². The number of alkyl halides is 5. The smallest absolute Gasteiger partial charge is 0.466 e. The van der Waals surface area contributed by atoms with Crippen LogP contribution in [0.15, 0.2) is 6.20 Å². The minimum Gasteiger partial charge on any atom is -0.466 e. The highest BCUT2D eigenvalue weighted by atomic mass is 19.4. The van der Waals surface area contributed by atoms with Gasteiger partial charge in [-0.15, -0.1) is 13.2 Å². The molecule has 1 heterocycles. The first-order valence-electron chi connectivity index (χ1n) is 5.92. The van der Waals surface area contributed by atoms with Crippen LogP contribution in [0.1, 0.15) is 24.6 Å². The molecule has 0 saturated carbocycles. The molecule has 12 heteroatoms. The highest BCUT2D eigenvalue weighted by Crippen LogP contribution is 2.40. The summed E-state index contributed by atoms with van der Waals surface area (Å²) in [4.78, 5) is 24.0. The molecule has 1 aromatic rings. The topological polar surface area (TPSA) is 91.6 Å². The summed E-state index contributed by atoms with van der Waals surface area (Å²) in [5.41, 5.74) is -3.80. The second-order valence-corrected chi connectivity index (χ2v) is 3.92. The van der Waals surface area contributed by atoms with E-state index < -0.39 is 52.8 Å². The Morgan fingerprint density at radius 1 is 1.43 bits per heavy atom. The lowest BCUT2D eigenvalue weighted by Crippen LogP contribution is -2.20. The van der Waals surface area contributed by atoms with Crippen LogP contribution in [0.25, 0.3) is 0 Å². The van der Waals surface area contributed by atoms with Gasteiger partial charge in [0.1, 0.15) is 5.56 Å². The minimum atomic E-state index is -5.34. The van der Waals surface area contributed by atoms with E-state index in [1.165, 1.54) is 6.92 Å². The summed E-state index contributed by atoms with van der Waals surface area (Å²) in [7, 11) is 0. The van der Waals surface area contributed by atoms with Gasteiger partial charge in [0.05, 0.1) is 29.8 Å². The summed E-state index contributed by atoms with van der Waals surface area (Å²) in [5.74, 6) is -2.51. The molecule has 23 heavy (non-hydrogen) atoms. The van der Waals surface area contributed by atoms with Crippen molar-refractivity contribution in [1.82, 2.24) is 4.98 Å². The van der Waals surface area contributed by atoms with Crippen LogP contribution in [-0.2, 0) is 16.0 Å². The van der Waals surface area contributed by atoms with Gasteiger partial charge < -0.3 is 9.47 Å². The first kappa shape index (κ1) is 18.5. The molecule has 0 bridgehead atoms. The summed E-state index contributed by atoms with van der Waals surface area (Å²) in [6.45, 7) is 1.35. The maximum atomic E-state index is 13.1. The van der Waals surface area contributed by atoms with Gasteiger partial charge in [-0.05, 0) is 6.92 Å². The average Bonchev–Trinajstić information content (AvgIpc) is 2.37. The van der Waals surface area contributed by atoms with Crippen LogP contribution in [0.2, 0.25) is 0 Å². The maximum absolute atomic E-state index is 13.1. The predicted octanol–water partition coefficient (Wildman–Crippen LogP) is 2.93. The van der Waals surface area contributed by atoms with Crippen LogP contribution in [0, 0.1) is 10.1 Å². The lowest BCUT2D eigenvalue weighted by atomic mass is 10.1. The fourth-order valence-electron chi connectivity index (χ4n) is 1.64. The van der Waals surface area contributed by atoms with Crippen molar-refractivity contribution < 1.29 is 41.1 Å². The van der Waals surface area contributed by atoms with Gasteiger partial charge in [0.15, 0.2) is 0 Å². The molecule has 128 valence electrons. The number of halogens is 5. The maximum Gasteiger partial charge on any atom is 0.573 e. The van der Waals surface area contributed by atoms with Crippen LogP contribution in [0.4, 0.5) is 27.6 Å². The van der Waals surface area contributed by atoms with E-state index in [1.807, 2.05) is 0 Å². The molecule has 7 nitrogen and oxygen atoms in total. The van der Waals surface area contributed by atoms with E-state index in [4.69, 9.17) is 0 Å².